The van der Waals surface area contributed by atoms with Crippen molar-refractivity contribution in [2.75, 3.05) is 13.2 Å². The van der Waals surface area contributed by atoms with Gasteiger partial charge < -0.3 is 9.75 Å². The van der Waals surface area contributed by atoms with E-state index in [1.54, 1.807) is 0 Å². The van der Waals surface area contributed by atoms with Gasteiger partial charge in [0.1, 0.15) is 12.4 Å². The van der Waals surface area contributed by atoms with E-state index >= 15 is 0 Å². The molecule has 0 aliphatic carbocycles. The molecule has 1 aliphatic heterocycles. The summed E-state index contributed by atoms with van der Waals surface area (Å²) in [6.07, 6.45) is 0. The Labute approximate surface area is 144 Å². The van der Waals surface area contributed by atoms with Crippen LogP contribution in [0.15, 0.2) is 22.6 Å². The topological polar surface area (TPSA) is 15.7 Å². The van der Waals surface area contributed by atoms with Gasteiger partial charge in [-0.2, -0.15) is 0 Å². The fraction of sp³-hybridized carbons (Fsp3) is 0.800. The minimum Gasteiger partial charge on any atom is -0.496 e. The molecule has 0 aromatic rings. The van der Waals surface area contributed by atoms with Gasteiger partial charge in [0.05, 0.1) is 12.2 Å². The standard InChI is InChI=1S/C20H38N2O/c1-13(2)18-19(14(3)4)22(17(9)10)21(16(7)8)11-12-23-20(18)15(5)6/h13,15-17H,11-12H2,1-10H3/b20-18-. The maximum absolute atomic E-state index is 6.28. The Balaban J connectivity index is 3.65. The Morgan fingerprint density at radius 3 is 1.78 bits per heavy atom. The molecule has 0 saturated carbocycles. The van der Waals surface area contributed by atoms with Crippen LogP contribution in [0.3, 0.4) is 0 Å². The lowest BCUT2D eigenvalue weighted by molar-refractivity contribution is -0.0631. The molecule has 3 nitrogen and oxygen atoms in total. The third-order valence-corrected chi connectivity index (χ3v) is 4.26. The van der Waals surface area contributed by atoms with Crippen LogP contribution in [0.4, 0.5) is 0 Å². The summed E-state index contributed by atoms with van der Waals surface area (Å²) < 4.78 is 6.28. The van der Waals surface area contributed by atoms with E-state index in [9.17, 15) is 0 Å². The van der Waals surface area contributed by atoms with Gasteiger partial charge >= 0.3 is 0 Å². The quantitative estimate of drug-likeness (QED) is 0.706. The molecule has 0 spiro atoms. The second kappa shape index (κ2) is 8.23. The van der Waals surface area contributed by atoms with Gasteiger partial charge in [0.25, 0.3) is 0 Å². The van der Waals surface area contributed by atoms with Crippen molar-refractivity contribution in [3.8, 4) is 0 Å². The van der Waals surface area contributed by atoms with Crippen molar-refractivity contribution in [3.63, 3.8) is 0 Å². The van der Waals surface area contributed by atoms with Crippen LogP contribution in [-0.4, -0.2) is 35.3 Å². The van der Waals surface area contributed by atoms with E-state index in [1.807, 2.05) is 0 Å². The summed E-state index contributed by atoms with van der Waals surface area (Å²) in [7, 11) is 0. The van der Waals surface area contributed by atoms with Crippen LogP contribution >= 0.6 is 0 Å². The molecule has 0 N–H and O–H groups in total. The predicted molar refractivity (Wildman–Crippen MR) is 99.8 cm³/mol. The molecule has 1 aliphatic rings. The average Bonchev–Trinajstić information content (AvgIpc) is 2.35. The maximum Gasteiger partial charge on any atom is 0.104 e. The van der Waals surface area contributed by atoms with E-state index in [2.05, 4.69) is 79.3 Å². The highest BCUT2D eigenvalue weighted by molar-refractivity contribution is 5.38. The van der Waals surface area contributed by atoms with Crippen molar-refractivity contribution < 1.29 is 4.74 Å². The summed E-state index contributed by atoms with van der Waals surface area (Å²) in [5.41, 5.74) is 4.09. The molecule has 1 heterocycles. The highest BCUT2D eigenvalue weighted by Crippen LogP contribution is 2.36. The Hall–Kier alpha value is -0.960. The van der Waals surface area contributed by atoms with Gasteiger partial charge in [-0.15, -0.1) is 0 Å². The van der Waals surface area contributed by atoms with E-state index in [0.29, 0.717) is 23.9 Å². The minimum absolute atomic E-state index is 0.404. The van der Waals surface area contributed by atoms with Crippen LogP contribution in [-0.2, 0) is 4.74 Å². The van der Waals surface area contributed by atoms with Gasteiger partial charge in [-0.05, 0) is 47.5 Å². The van der Waals surface area contributed by atoms with Crippen LogP contribution in [0.2, 0.25) is 0 Å². The second-order valence-corrected chi connectivity index (χ2v) is 7.98. The molecule has 0 amide bonds. The lowest BCUT2D eigenvalue weighted by atomic mass is 9.91. The van der Waals surface area contributed by atoms with Crippen molar-refractivity contribution in [1.29, 1.82) is 0 Å². The molecular weight excluding hydrogens is 284 g/mol. The molecule has 0 aromatic heterocycles. The molecule has 0 atom stereocenters. The largest absolute Gasteiger partial charge is 0.496 e. The molecule has 1 rings (SSSR count). The Bertz CT molecular complexity index is 454. The zero-order valence-corrected chi connectivity index (χ0v) is 17.0. The number of nitrogens with zero attached hydrogens (tertiary/aromatic N) is 2. The highest BCUT2D eigenvalue weighted by Gasteiger charge is 2.32. The van der Waals surface area contributed by atoms with Crippen LogP contribution in [0, 0.1) is 11.8 Å². The lowest BCUT2D eigenvalue weighted by Gasteiger charge is -2.47. The molecule has 0 saturated heterocycles. The third kappa shape index (κ3) is 4.53. The Kier molecular flexibility index (Phi) is 7.19. The Morgan fingerprint density at radius 1 is 0.870 bits per heavy atom. The lowest BCUT2D eigenvalue weighted by Crippen LogP contribution is -2.52. The molecule has 0 radical (unpaired) electrons. The number of ether oxygens (including phenoxy) is 1. The predicted octanol–water partition coefficient (Wildman–Crippen LogP) is 5.21. The van der Waals surface area contributed by atoms with Crippen molar-refractivity contribution in [1.82, 2.24) is 10.0 Å². The Morgan fingerprint density at radius 2 is 1.43 bits per heavy atom. The number of rotatable bonds is 4. The molecule has 0 aromatic carbocycles. The van der Waals surface area contributed by atoms with E-state index in [-0.39, 0.29) is 0 Å². The van der Waals surface area contributed by atoms with E-state index < -0.39 is 0 Å². The summed E-state index contributed by atoms with van der Waals surface area (Å²) in [5.74, 6) is 2.01. The van der Waals surface area contributed by atoms with Crippen LogP contribution in [0.25, 0.3) is 0 Å². The summed E-state index contributed by atoms with van der Waals surface area (Å²) in [6, 6.07) is 0.868. The second-order valence-electron chi connectivity index (χ2n) is 7.98. The molecule has 3 heteroatoms. The van der Waals surface area contributed by atoms with E-state index in [4.69, 9.17) is 4.74 Å². The van der Waals surface area contributed by atoms with Gasteiger partial charge in [-0.25, -0.2) is 5.01 Å². The maximum atomic E-state index is 6.28. The summed E-state index contributed by atoms with van der Waals surface area (Å²) in [4.78, 5) is 0. The molecule has 0 bridgehead atoms. The van der Waals surface area contributed by atoms with Crippen molar-refractivity contribution in [2.24, 2.45) is 11.8 Å². The fourth-order valence-corrected chi connectivity index (χ4v) is 3.40. The number of hydrogen-bond donors (Lipinski definition) is 0. The number of allylic oxidation sites excluding steroid dienone is 3. The third-order valence-electron chi connectivity index (χ3n) is 4.26. The first kappa shape index (κ1) is 20.1. The van der Waals surface area contributed by atoms with Crippen molar-refractivity contribution in [2.45, 2.75) is 81.3 Å². The monoisotopic (exact) mass is 322 g/mol. The average molecular weight is 323 g/mol. The normalized spacial score (nSPS) is 21.3. The summed E-state index contributed by atoms with van der Waals surface area (Å²) >= 11 is 0. The SMILES string of the molecule is CC(C)=C1/C(C(C)C)=C(/C(C)C)OCCN(C(C)C)N1C(C)C. The van der Waals surface area contributed by atoms with Crippen LogP contribution in [0.1, 0.15) is 69.2 Å². The molecule has 134 valence electrons. The fourth-order valence-electron chi connectivity index (χ4n) is 3.40. The summed E-state index contributed by atoms with van der Waals surface area (Å²) in [6.45, 7) is 24.3. The first-order chi connectivity index (χ1) is 10.6. The van der Waals surface area contributed by atoms with E-state index in [0.717, 1.165) is 13.2 Å². The van der Waals surface area contributed by atoms with Crippen molar-refractivity contribution >= 4 is 0 Å². The molecule has 0 unspecified atom stereocenters. The zero-order chi connectivity index (χ0) is 17.9. The van der Waals surface area contributed by atoms with Crippen LogP contribution < -0.4 is 0 Å². The van der Waals surface area contributed by atoms with E-state index in [1.165, 1.54) is 22.6 Å². The van der Waals surface area contributed by atoms with Gasteiger partial charge in [-0.3, -0.25) is 0 Å². The van der Waals surface area contributed by atoms with Gasteiger partial charge in [0, 0.05) is 23.6 Å². The number of hydrazine groups is 1. The van der Waals surface area contributed by atoms with Crippen molar-refractivity contribution in [3.05, 3.63) is 22.6 Å². The summed E-state index contributed by atoms with van der Waals surface area (Å²) in [5, 5.41) is 4.98. The van der Waals surface area contributed by atoms with Gasteiger partial charge in [-0.1, -0.05) is 33.3 Å². The minimum atomic E-state index is 0.404. The van der Waals surface area contributed by atoms with Gasteiger partial charge in [0.2, 0.25) is 0 Å². The zero-order valence-electron chi connectivity index (χ0n) is 17.0. The molecular formula is C20H38N2O. The molecule has 23 heavy (non-hydrogen) atoms. The first-order valence-corrected chi connectivity index (χ1v) is 9.20. The molecule has 0 fully saturated rings. The highest BCUT2D eigenvalue weighted by atomic mass is 16.5. The number of hydrogen-bond acceptors (Lipinski definition) is 3. The van der Waals surface area contributed by atoms with Crippen LogP contribution in [0.5, 0.6) is 0 Å². The first-order valence-electron chi connectivity index (χ1n) is 9.20. The smallest absolute Gasteiger partial charge is 0.104 e. The van der Waals surface area contributed by atoms with Gasteiger partial charge in [0.15, 0.2) is 0 Å².